The second kappa shape index (κ2) is 7.30. The van der Waals surface area contributed by atoms with Crippen LogP contribution in [0.4, 0.5) is 0 Å². The first-order valence-electron chi connectivity index (χ1n) is 13.7. The van der Waals surface area contributed by atoms with Crippen molar-refractivity contribution in [2.45, 2.75) is 104 Å². The number of fused-ring (bicyclic) bond motifs is 8. The topological polar surface area (TPSA) is 51.6 Å². The molecule has 35 heavy (non-hydrogen) atoms. The quantitative estimate of drug-likeness (QED) is 0.524. The van der Waals surface area contributed by atoms with Crippen molar-refractivity contribution in [3.8, 4) is 0 Å². The largest absolute Gasteiger partial charge is 0.383 e. The standard InChI is InChI=1S/C31H43NO3/c1-8-20-18-28(5)21(17-19(20)2)25-26(35-27(3,4)34-25)30(7)22(28)12-14-29(6)23(30)13-15-31(29,33)24-11-9-10-16-32-24/h8-11,16,21-23,25-26,33H,1,12-15,17-18H2,2-7H3/t21-,22-,23-,25-,26+,28+,29+,30-,31-/m1/s1. The monoisotopic (exact) mass is 477 g/mol. The molecular weight excluding hydrogens is 434 g/mol. The van der Waals surface area contributed by atoms with Crippen LogP contribution in [0.15, 0.2) is 48.2 Å². The van der Waals surface area contributed by atoms with Crippen molar-refractivity contribution in [2.24, 2.45) is 34.0 Å². The van der Waals surface area contributed by atoms with Gasteiger partial charge in [-0.15, -0.1) is 0 Å². The van der Waals surface area contributed by atoms with E-state index >= 15 is 0 Å². The number of pyridine rings is 1. The Bertz CT molecular complexity index is 1080. The van der Waals surface area contributed by atoms with Crippen LogP contribution in [0, 0.1) is 34.0 Å². The summed E-state index contributed by atoms with van der Waals surface area (Å²) < 4.78 is 13.7. The number of rotatable bonds is 2. The zero-order chi connectivity index (χ0) is 25.0. The van der Waals surface area contributed by atoms with Gasteiger partial charge in [-0.1, -0.05) is 45.1 Å². The molecule has 190 valence electrons. The van der Waals surface area contributed by atoms with Gasteiger partial charge in [0, 0.05) is 17.0 Å². The van der Waals surface area contributed by atoms with E-state index in [-0.39, 0.29) is 28.5 Å². The van der Waals surface area contributed by atoms with Crippen molar-refractivity contribution in [1.82, 2.24) is 4.98 Å². The van der Waals surface area contributed by atoms with Gasteiger partial charge in [0.1, 0.15) is 5.60 Å². The normalized spacial score (nSPS) is 50.2. The number of aliphatic hydroxyl groups is 1. The van der Waals surface area contributed by atoms with Crippen molar-refractivity contribution in [2.75, 3.05) is 0 Å². The van der Waals surface area contributed by atoms with Crippen LogP contribution >= 0.6 is 0 Å². The lowest BCUT2D eigenvalue weighted by atomic mass is 9.37. The number of aromatic nitrogens is 1. The molecule has 0 spiro atoms. The Morgan fingerprint density at radius 2 is 1.80 bits per heavy atom. The summed E-state index contributed by atoms with van der Waals surface area (Å²) in [5, 5.41) is 12.3. The molecule has 4 aliphatic carbocycles. The predicted molar refractivity (Wildman–Crippen MR) is 137 cm³/mol. The van der Waals surface area contributed by atoms with Crippen molar-refractivity contribution < 1.29 is 14.6 Å². The molecule has 5 aliphatic rings. The van der Waals surface area contributed by atoms with Crippen LogP contribution in [0.5, 0.6) is 0 Å². The van der Waals surface area contributed by atoms with E-state index in [1.807, 2.05) is 24.4 Å². The van der Waals surface area contributed by atoms with Crippen LogP contribution in [0.3, 0.4) is 0 Å². The van der Waals surface area contributed by atoms with Crippen molar-refractivity contribution >= 4 is 0 Å². The van der Waals surface area contributed by atoms with E-state index in [2.05, 4.69) is 59.2 Å². The van der Waals surface area contributed by atoms with E-state index in [1.54, 1.807) is 0 Å². The summed E-state index contributed by atoms with van der Waals surface area (Å²) in [7, 11) is 0. The smallest absolute Gasteiger partial charge is 0.163 e. The van der Waals surface area contributed by atoms with E-state index in [9.17, 15) is 5.11 Å². The zero-order valence-electron chi connectivity index (χ0n) is 22.4. The van der Waals surface area contributed by atoms with Crippen LogP contribution in [-0.2, 0) is 15.1 Å². The molecule has 3 saturated carbocycles. The molecule has 1 saturated heterocycles. The maximum Gasteiger partial charge on any atom is 0.163 e. The van der Waals surface area contributed by atoms with E-state index in [4.69, 9.17) is 9.47 Å². The van der Waals surface area contributed by atoms with Gasteiger partial charge in [0.25, 0.3) is 0 Å². The van der Waals surface area contributed by atoms with Crippen molar-refractivity contribution in [3.63, 3.8) is 0 Å². The molecule has 0 amide bonds. The van der Waals surface area contributed by atoms with Gasteiger partial charge < -0.3 is 14.6 Å². The van der Waals surface area contributed by atoms with E-state index in [1.165, 1.54) is 11.1 Å². The van der Waals surface area contributed by atoms with Gasteiger partial charge in [0.2, 0.25) is 0 Å². The summed E-state index contributed by atoms with van der Waals surface area (Å²) in [4.78, 5) is 4.67. The molecular formula is C31H43NO3. The van der Waals surface area contributed by atoms with Crippen LogP contribution in [0.2, 0.25) is 0 Å². The fourth-order valence-corrected chi connectivity index (χ4v) is 10.2. The number of hydrogen-bond acceptors (Lipinski definition) is 4. The summed E-state index contributed by atoms with van der Waals surface area (Å²) in [6.45, 7) is 18.0. The summed E-state index contributed by atoms with van der Waals surface area (Å²) in [6, 6.07) is 5.97. The summed E-state index contributed by atoms with van der Waals surface area (Å²) in [6.07, 6.45) is 10.0. The average Bonchev–Trinajstić information content (AvgIpc) is 3.30. The molecule has 6 rings (SSSR count). The van der Waals surface area contributed by atoms with Gasteiger partial charge in [-0.05, 0) is 100 Å². The van der Waals surface area contributed by atoms with Gasteiger partial charge >= 0.3 is 0 Å². The van der Waals surface area contributed by atoms with Gasteiger partial charge in [-0.2, -0.15) is 0 Å². The highest BCUT2D eigenvalue weighted by atomic mass is 16.8. The third-order valence-corrected chi connectivity index (χ3v) is 11.7. The maximum atomic E-state index is 12.3. The molecule has 1 aromatic rings. The van der Waals surface area contributed by atoms with Gasteiger partial charge in [0.05, 0.1) is 17.9 Å². The SMILES string of the molecule is C=CC1=C(C)C[C@@H]2[C@H]3OC(C)(C)O[C@@H]3[C@]3(C)[C@H](CC[C@@]4(C)[C@H]3CC[C@@]4(O)c3ccccn3)[C@@]2(C)C1. The summed E-state index contributed by atoms with van der Waals surface area (Å²) >= 11 is 0. The van der Waals surface area contributed by atoms with E-state index < -0.39 is 11.4 Å². The third-order valence-electron chi connectivity index (χ3n) is 11.7. The van der Waals surface area contributed by atoms with Crippen molar-refractivity contribution in [3.05, 3.63) is 53.9 Å². The Hall–Kier alpha value is -1.49. The van der Waals surface area contributed by atoms with Crippen molar-refractivity contribution in [1.29, 1.82) is 0 Å². The van der Waals surface area contributed by atoms with Crippen LogP contribution < -0.4 is 0 Å². The molecule has 1 aromatic heterocycles. The summed E-state index contributed by atoms with van der Waals surface area (Å²) in [5.74, 6) is 0.693. The molecule has 4 nitrogen and oxygen atoms in total. The molecule has 4 heteroatoms. The van der Waals surface area contributed by atoms with Crippen LogP contribution in [-0.4, -0.2) is 28.1 Å². The number of ether oxygens (including phenoxy) is 2. The second-order valence-corrected chi connectivity index (χ2v) is 13.6. The van der Waals surface area contributed by atoms with Gasteiger partial charge in [-0.25, -0.2) is 0 Å². The zero-order valence-corrected chi connectivity index (χ0v) is 22.4. The number of allylic oxidation sites excluding steroid dienone is 3. The fourth-order valence-electron chi connectivity index (χ4n) is 10.2. The van der Waals surface area contributed by atoms with Gasteiger partial charge in [-0.3, -0.25) is 4.98 Å². The lowest BCUT2D eigenvalue weighted by Crippen LogP contribution is -2.68. The molecule has 4 fully saturated rings. The maximum absolute atomic E-state index is 12.3. The highest BCUT2D eigenvalue weighted by Gasteiger charge is 2.75. The minimum Gasteiger partial charge on any atom is -0.383 e. The molecule has 0 aromatic carbocycles. The Kier molecular flexibility index (Phi) is 4.98. The molecule has 1 aliphatic heterocycles. The molecule has 9 atom stereocenters. The first-order valence-corrected chi connectivity index (χ1v) is 13.7. The minimum atomic E-state index is -0.912. The third kappa shape index (κ3) is 2.88. The second-order valence-electron chi connectivity index (χ2n) is 13.6. The molecule has 2 heterocycles. The molecule has 0 unspecified atom stereocenters. The minimum absolute atomic E-state index is 0.0364. The Morgan fingerprint density at radius 3 is 2.49 bits per heavy atom. The van der Waals surface area contributed by atoms with Crippen LogP contribution in [0.25, 0.3) is 0 Å². The van der Waals surface area contributed by atoms with Crippen LogP contribution in [0.1, 0.15) is 85.8 Å². The summed E-state index contributed by atoms with van der Waals surface area (Å²) in [5.41, 5.74) is 2.58. The Labute approximate surface area is 211 Å². The average molecular weight is 478 g/mol. The number of hydrogen-bond donors (Lipinski definition) is 1. The number of nitrogens with zero attached hydrogens (tertiary/aromatic N) is 1. The highest BCUT2D eigenvalue weighted by Crippen LogP contribution is 2.76. The first-order chi connectivity index (χ1) is 16.4. The van der Waals surface area contributed by atoms with E-state index in [0.29, 0.717) is 17.8 Å². The Balaban J connectivity index is 1.50. The highest BCUT2D eigenvalue weighted by molar-refractivity contribution is 5.34. The fraction of sp³-hybridized carbons (Fsp3) is 0.710. The lowest BCUT2D eigenvalue weighted by Gasteiger charge is -2.68. The molecule has 1 N–H and O–H groups in total. The molecule has 0 radical (unpaired) electrons. The Morgan fingerprint density at radius 1 is 1.06 bits per heavy atom. The van der Waals surface area contributed by atoms with Gasteiger partial charge in [0.15, 0.2) is 5.79 Å². The molecule has 0 bridgehead atoms. The lowest BCUT2D eigenvalue weighted by molar-refractivity contribution is -0.241. The first kappa shape index (κ1) is 23.9. The van der Waals surface area contributed by atoms with E-state index in [0.717, 1.165) is 44.2 Å². The predicted octanol–water partition coefficient (Wildman–Crippen LogP) is 6.55.